The van der Waals surface area contributed by atoms with Crippen LogP contribution in [0, 0.1) is 5.92 Å². The van der Waals surface area contributed by atoms with E-state index in [1.54, 1.807) is 0 Å². The second-order valence-corrected chi connectivity index (χ2v) is 7.16. The van der Waals surface area contributed by atoms with Crippen molar-refractivity contribution >= 4 is 11.7 Å². The number of rotatable bonds is 3. The second kappa shape index (κ2) is 5.91. The van der Waals surface area contributed by atoms with E-state index in [4.69, 9.17) is 9.47 Å². The molecule has 0 saturated carbocycles. The van der Waals surface area contributed by atoms with E-state index in [0.29, 0.717) is 6.61 Å². The van der Waals surface area contributed by atoms with Crippen molar-refractivity contribution in [2.24, 2.45) is 5.92 Å². The van der Waals surface area contributed by atoms with Crippen LogP contribution in [0.3, 0.4) is 0 Å². The summed E-state index contributed by atoms with van der Waals surface area (Å²) in [4.78, 5) is 12.7. The molecule has 0 amide bonds. The van der Waals surface area contributed by atoms with Crippen molar-refractivity contribution < 1.29 is 14.3 Å². The average Bonchev–Trinajstić information content (AvgIpc) is 2.94. The van der Waals surface area contributed by atoms with Gasteiger partial charge in [0.2, 0.25) is 0 Å². The minimum atomic E-state index is -0.486. The lowest BCUT2D eigenvalue weighted by Crippen LogP contribution is -2.45. The molecule has 1 heterocycles. The molecule has 1 aliphatic heterocycles. The summed E-state index contributed by atoms with van der Waals surface area (Å²) in [5.74, 6) is 1.06. The van der Waals surface area contributed by atoms with E-state index in [-0.39, 0.29) is 23.8 Å². The van der Waals surface area contributed by atoms with Gasteiger partial charge in [-0.25, -0.2) is 4.79 Å². The van der Waals surface area contributed by atoms with Crippen LogP contribution in [0.1, 0.15) is 45.6 Å². The van der Waals surface area contributed by atoms with Gasteiger partial charge in [0.25, 0.3) is 0 Å². The fourth-order valence-electron chi connectivity index (χ4n) is 3.47. The molecule has 0 spiro atoms. The lowest BCUT2D eigenvalue weighted by Gasteiger charge is -2.37. The Hall–Kier alpha value is -1.97. The Morgan fingerprint density at radius 2 is 2.13 bits per heavy atom. The Balaban J connectivity index is 1.95. The highest BCUT2D eigenvalue weighted by molar-refractivity contribution is 5.84. The van der Waals surface area contributed by atoms with Crippen LogP contribution in [0.5, 0.6) is 5.75 Å². The first-order chi connectivity index (χ1) is 10.9. The largest absolute Gasteiger partial charge is 0.492 e. The molecule has 1 N–H and O–H groups in total. The fourth-order valence-corrected chi connectivity index (χ4v) is 3.47. The van der Waals surface area contributed by atoms with Gasteiger partial charge in [0.15, 0.2) is 0 Å². The van der Waals surface area contributed by atoms with E-state index in [1.165, 1.54) is 5.56 Å². The van der Waals surface area contributed by atoms with Crippen LogP contribution >= 0.6 is 0 Å². The van der Waals surface area contributed by atoms with Crippen molar-refractivity contribution in [1.82, 2.24) is 0 Å². The van der Waals surface area contributed by atoms with Gasteiger partial charge in [-0.2, -0.15) is 0 Å². The number of fused-ring (bicyclic) bond motifs is 3. The molecule has 0 saturated heterocycles. The summed E-state index contributed by atoms with van der Waals surface area (Å²) in [6.07, 6.45) is 5.26. The van der Waals surface area contributed by atoms with Gasteiger partial charge >= 0.3 is 5.97 Å². The monoisotopic (exact) mass is 315 g/mol. The highest BCUT2D eigenvalue weighted by Gasteiger charge is 2.43. The molecule has 23 heavy (non-hydrogen) atoms. The van der Waals surface area contributed by atoms with Gasteiger partial charge in [-0.3, -0.25) is 0 Å². The number of carbonyl (C=O) groups is 1. The number of benzene rings is 1. The smallest absolute Gasteiger partial charge is 0.329 e. The molecule has 0 fully saturated rings. The summed E-state index contributed by atoms with van der Waals surface area (Å²) in [5, 5.41) is 3.40. The number of anilines is 1. The van der Waals surface area contributed by atoms with Crippen LogP contribution in [0.2, 0.25) is 0 Å². The third kappa shape index (κ3) is 3.07. The van der Waals surface area contributed by atoms with Crippen LogP contribution in [-0.2, 0) is 9.53 Å². The highest BCUT2D eigenvalue weighted by atomic mass is 16.6. The number of para-hydroxylation sites is 1. The third-order valence-electron chi connectivity index (χ3n) is 4.32. The maximum atomic E-state index is 12.7. The minimum Gasteiger partial charge on any atom is -0.492 e. The van der Waals surface area contributed by atoms with E-state index >= 15 is 0 Å². The van der Waals surface area contributed by atoms with E-state index in [2.05, 4.69) is 23.5 Å². The Labute approximate surface area is 137 Å². The zero-order chi connectivity index (χ0) is 16.6. The van der Waals surface area contributed by atoms with Crippen molar-refractivity contribution in [2.75, 3.05) is 11.9 Å². The van der Waals surface area contributed by atoms with Gasteiger partial charge in [0.1, 0.15) is 17.4 Å². The maximum Gasteiger partial charge on any atom is 0.329 e. The van der Waals surface area contributed by atoms with Gasteiger partial charge in [-0.1, -0.05) is 24.3 Å². The molecule has 0 bridgehead atoms. The fraction of sp³-hybridized carbons (Fsp3) is 0.526. The molecule has 4 heteroatoms. The zero-order valence-corrected chi connectivity index (χ0v) is 14.3. The van der Waals surface area contributed by atoms with Gasteiger partial charge < -0.3 is 14.8 Å². The van der Waals surface area contributed by atoms with Crippen LogP contribution < -0.4 is 10.1 Å². The van der Waals surface area contributed by atoms with Crippen LogP contribution in [-0.4, -0.2) is 24.2 Å². The quantitative estimate of drug-likeness (QED) is 0.679. The van der Waals surface area contributed by atoms with Crippen LogP contribution in [0.4, 0.5) is 5.69 Å². The van der Waals surface area contributed by atoms with E-state index < -0.39 is 5.60 Å². The van der Waals surface area contributed by atoms with Crippen molar-refractivity contribution in [3.05, 3.63) is 35.9 Å². The average molecular weight is 315 g/mol. The summed E-state index contributed by atoms with van der Waals surface area (Å²) >= 11 is 0. The van der Waals surface area contributed by atoms with Crippen molar-refractivity contribution in [3.63, 3.8) is 0 Å². The molecule has 1 aromatic carbocycles. The number of allylic oxidation sites excluding steroid dienone is 2. The molecular weight excluding hydrogens is 290 g/mol. The van der Waals surface area contributed by atoms with Crippen LogP contribution in [0.25, 0.3) is 0 Å². The number of ether oxygens (including phenoxy) is 2. The summed E-state index contributed by atoms with van der Waals surface area (Å²) < 4.78 is 11.4. The number of hydrogen-bond donors (Lipinski definition) is 1. The lowest BCUT2D eigenvalue weighted by molar-refractivity contribution is -0.157. The van der Waals surface area contributed by atoms with E-state index in [1.807, 2.05) is 39.8 Å². The third-order valence-corrected chi connectivity index (χ3v) is 4.32. The standard InChI is InChI=1S/C19H25NO3/c1-5-22-15-11-7-10-13-12-8-6-9-14(12)17(20-16(13)15)18(21)23-19(2,3)4/h6-8,10-12,14,17,20H,5,9H2,1-4H3/t12-,14-,17+/m0/s1. The summed E-state index contributed by atoms with van der Waals surface area (Å²) in [6.45, 7) is 8.26. The molecule has 3 rings (SSSR count). The minimum absolute atomic E-state index is 0.187. The van der Waals surface area contributed by atoms with E-state index in [0.717, 1.165) is 17.9 Å². The molecule has 1 aliphatic carbocycles. The molecule has 124 valence electrons. The van der Waals surface area contributed by atoms with Gasteiger partial charge in [0.05, 0.1) is 12.3 Å². The molecule has 2 aliphatic rings. The number of carbonyl (C=O) groups excluding carboxylic acids is 1. The van der Waals surface area contributed by atoms with Crippen molar-refractivity contribution in [3.8, 4) is 5.75 Å². The molecule has 0 unspecified atom stereocenters. The summed E-state index contributed by atoms with van der Waals surface area (Å²) in [6, 6.07) is 5.73. The normalized spacial score (nSPS) is 25.3. The molecule has 3 atom stereocenters. The summed E-state index contributed by atoms with van der Waals surface area (Å²) in [5.41, 5.74) is 1.65. The van der Waals surface area contributed by atoms with Crippen molar-refractivity contribution in [1.29, 1.82) is 0 Å². The Bertz CT molecular complexity index is 630. The first-order valence-electron chi connectivity index (χ1n) is 8.32. The summed E-state index contributed by atoms with van der Waals surface area (Å²) in [7, 11) is 0. The van der Waals surface area contributed by atoms with Gasteiger partial charge in [-0.15, -0.1) is 0 Å². The predicted molar refractivity (Wildman–Crippen MR) is 90.9 cm³/mol. The second-order valence-electron chi connectivity index (χ2n) is 7.16. The topological polar surface area (TPSA) is 47.6 Å². The Morgan fingerprint density at radius 1 is 1.35 bits per heavy atom. The first kappa shape index (κ1) is 15.9. The molecule has 4 nitrogen and oxygen atoms in total. The van der Waals surface area contributed by atoms with Gasteiger partial charge in [-0.05, 0) is 45.7 Å². The first-order valence-corrected chi connectivity index (χ1v) is 8.32. The van der Waals surface area contributed by atoms with Gasteiger partial charge in [0, 0.05) is 11.8 Å². The maximum absolute atomic E-state index is 12.7. The highest BCUT2D eigenvalue weighted by Crippen LogP contribution is 2.48. The zero-order valence-electron chi connectivity index (χ0n) is 14.3. The molecule has 1 aromatic rings. The lowest BCUT2D eigenvalue weighted by atomic mass is 9.79. The molecule has 0 radical (unpaired) electrons. The number of esters is 1. The number of hydrogen-bond acceptors (Lipinski definition) is 4. The predicted octanol–water partition coefficient (Wildman–Crippen LogP) is 3.88. The van der Waals surface area contributed by atoms with Crippen LogP contribution in [0.15, 0.2) is 30.4 Å². The van der Waals surface area contributed by atoms with Crippen molar-refractivity contribution in [2.45, 2.75) is 51.7 Å². The SMILES string of the molecule is CCOc1cccc2c1N[C@@H](C(=O)OC(C)(C)C)[C@H]1CC=C[C@@H]21. The Kier molecular flexibility index (Phi) is 4.09. The molecular formula is C19H25NO3. The van der Waals surface area contributed by atoms with E-state index in [9.17, 15) is 4.79 Å². The Morgan fingerprint density at radius 3 is 2.83 bits per heavy atom. The number of nitrogens with one attached hydrogen (secondary N) is 1. The molecule has 0 aromatic heterocycles.